The molecule has 0 aliphatic rings. The number of carbonyl (C=O) groups is 1. The summed E-state index contributed by atoms with van der Waals surface area (Å²) in [5.74, 6) is 0.701. The van der Waals surface area contributed by atoms with Crippen LogP contribution in [-0.2, 0) is 4.79 Å². The molecule has 0 radical (unpaired) electrons. The normalized spacial score (nSPS) is 11.0. The Balaban J connectivity index is 2.51. The van der Waals surface area contributed by atoms with E-state index in [0.29, 0.717) is 10.9 Å². The van der Waals surface area contributed by atoms with E-state index in [1.165, 1.54) is 23.1 Å². The van der Waals surface area contributed by atoms with E-state index in [2.05, 4.69) is 4.98 Å². The minimum absolute atomic E-state index is 0.134. The molecule has 0 saturated carbocycles. The van der Waals surface area contributed by atoms with E-state index >= 15 is 0 Å². The Morgan fingerprint density at radius 2 is 2.43 bits per heavy atom. The molecule has 2 N–H and O–H groups in total. The van der Waals surface area contributed by atoms with Gasteiger partial charge in [0.2, 0.25) is 0 Å². The summed E-state index contributed by atoms with van der Waals surface area (Å²) >= 11 is 2.75. The van der Waals surface area contributed by atoms with Crippen LogP contribution in [0.25, 0.3) is 6.08 Å². The third-order valence-corrected chi connectivity index (χ3v) is 3.22. The number of thioether (sulfide) groups is 1. The Morgan fingerprint density at radius 1 is 1.71 bits per heavy atom. The van der Waals surface area contributed by atoms with Crippen molar-refractivity contribution in [1.29, 1.82) is 0 Å². The zero-order valence-corrected chi connectivity index (χ0v) is 9.74. The van der Waals surface area contributed by atoms with Crippen LogP contribution >= 0.6 is 23.1 Å². The van der Waals surface area contributed by atoms with Crippen LogP contribution in [0.1, 0.15) is 17.5 Å². The number of aromatic nitrogens is 1. The molecule has 5 heteroatoms. The number of hydrogen-bond acceptors (Lipinski definition) is 5. The highest BCUT2D eigenvalue weighted by Gasteiger charge is 2.00. The van der Waals surface area contributed by atoms with Gasteiger partial charge in [0.15, 0.2) is 10.2 Å². The first-order valence-electron chi connectivity index (χ1n) is 4.12. The monoisotopic (exact) mass is 228 g/mol. The van der Waals surface area contributed by atoms with E-state index in [-0.39, 0.29) is 5.12 Å². The summed E-state index contributed by atoms with van der Waals surface area (Å²) in [7, 11) is 0. The van der Waals surface area contributed by atoms with Crippen LogP contribution in [0.3, 0.4) is 0 Å². The van der Waals surface area contributed by atoms with Crippen molar-refractivity contribution in [3.05, 3.63) is 16.6 Å². The van der Waals surface area contributed by atoms with Gasteiger partial charge in [-0.2, -0.15) is 0 Å². The van der Waals surface area contributed by atoms with Gasteiger partial charge in [0.25, 0.3) is 0 Å². The smallest absolute Gasteiger partial charge is 0.186 e. The number of nitrogens with zero attached hydrogens (tertiary/aromatic N) is 1. The standard InChI is InChI=1S/C9H12N2OS2/c1-6-8(14-9(10)11-6)4-3-5-13-7(2)12/h3-4H,5H2,1-2H3,(H2,10,11). The second-order valence-electron chi connectivity index (χ2n) is 2.71. The molecule has 0 spiro atoms. The molecule has 3 nitrogen and oxygen atoms in total. The number of anilines is 1. The number of nitrogen functional groups attached to an aromatic ring is 1. The van der Waals surface area contributed by atoms with E-state index in [1.807, 2.05) is 19.1 Å². The molecule has 14 heavy (non-hydrogen) atoms. The maximum atomic E-state index is 10.6. The zero-order valence-electron chi connectivity index (χ0n) is 8.11. The fraction of sp³-hybridized carbons (Fsp3) is 0.333. The van der Waals surface area contributed by atoms with Crippen LogP contribution in [-0.4, -0.2) is 15.9 Å². The summed E-state index contributed by atoms with van der Waals surface area (Å²) < 4.78 is 0. The van der Waals surface area contributed by atoms with Crippen LogP contribution in [0.5, 0.6) is 0 Å². The predicted molar refractivity (Wildman–Crippen MR) is 63.4 cm³/mol. The molecule has 1 rings (SSSR count). The lowest BCUT2D eigenvalue weighted by Gasteiger charge is -1.88. The van der Waals surface area contributed by atoms with Crippen molar-refractivity contribution in [2.24, 2.45) is 0 Å². The molecule has 1 heterocycles. The lowest BCUT2D eigenvalue weighted by atomic mass is 10.4. The maximum Gasteiger partial charge on any atom is 0.186 e. The lowest BCUT2D eigenvalue weighted by Crippen LogP contribution is -1.81. The van der Waals surface area contributed by atoms with Gasteiger partial charge in [0.1, 0.15) is 0 Å². The van der Waals surface area contributed by atoms with Crippen molar-refractivity contribution in [3.63, 3.8) is 0 Å². The van der Waals surface area contributed by atoms with Gasteiger partial charge in [-0.25, -0.2) is 4.98 Å². The highest BCUT2D eigenvalue weighted by molar-refractivity contribution is 8.13. The quantitative estimate of drug-likeness (QED) is 0.862. The summed E-state index contributed by atoms with van der Waals surface area (Å²) in [5.41, 5.74) is 6.49. The van der Waals surface area contributed by atoms with Gasteiger partial charge in [-0.05, 0) is 13.0 Å². The highest BCUT2D eigenvalue weighted by Crippen LogP contribution is 2.21. The molecule has 0 aliphatic carbocycles. The Labute approximate surface area is 91.4 Å². The molecule has 0 atom stereocenters. The SMILES string of the molecule is CC(=O)SCC=Cc1sc(N)nc1C. The number of nitrogens with two attached hydrogens (primary N) is 1. The fourth-order valence-corrected chi connectivity index (χ4v) is 2.10. The Kier molecular flexibility index (Phi) is 4.16. The summed E-state index contributed by atoms with van der Waals surface area (Å²) in [6.45, 7) is 3.49. The van der Waals surface area contributed by atoms with Gasteiger partial charge in [0.05, 0.1) is 10.6 Å². The molecule has 1 aromatic rings. The lowest BCUT2D eigenvalue weighted by molar-refractivity contribution is -0.109. The Morgan fingerprint density at radius 3 is 2.93 bits per heavy atom. The number of aryl methyl sites for hydroxylation is 1. The average molecular weight is 228 g/mol. The van der Waals surface area contributed by atoms with Crippen molar-refractivity contribution < 1.29 is 4.79 Å². The van der Waals surface area contributed by atoms with Crippen molar-refractivity contribution in [2.75, 3.05) is 11.5 Å². The first-order chi connectivity index (χ1) is 6.59. The Hall–Kier alpha value is -0.810. The summed E-state index contributed by atoms with van der Waals surface area (Å²) in [6.07, 6.45) is 3.91. The molecular weight excluding hydrogens is 216 g/mol. The Bertz CT molecular complexity index is 358. The molecule has 76 valence electrons. The third-order valence-electron chi connectivity index (χ3n) is 1.50. The minimum Gasteiger partial charge on any atom is -0.375 e. The number of carbonyl (C=O) groups excluding carboxylic acids is 1. The minimum atomic E-state index is 0.134. The largest absolute Gasteiger partial charge is 0.375 e. The molecular formula is C9H12N2OS2. The van der Waals surface area contributed by atoms with E-state index in [0.717, 1.165) is 10.6 Å². The fourth-order valence-electron chi connectivity index (χ4n) is 0.905. The predicted octanol–water partition coefficient (Wildman–Crippen LogP) is 2.33. The molecule has 0 aromatic carbocycles. The van der Waals surface area contributed by atoms with Gasteiger partial charge >= 0.3 is 0 Å². The number of rotatable bonds is 3. The molecule has 0 amide bonds. The first kappa shape index (κ1) is 11.3. The van der Waals surface area contributed by atoms with E-state index in [4.69, 9.17) is 5.73 Å². The van der Waals surface area contributed by atoms with Gasteiger partial charge in [0, 0.05) is 12.7 Å². The summed E-state index contributed by atoms with van der Waals surface area (Å²) in [4.78, 5) is 15.8. The molecule has 0 saturated heterocycles. The maximum absolute atomic E-state index is 10.6. The summed E-state index contributed by atoms with van der Waals surface area (Å²) in [5, 5.41) is 0.719. The van der Waals surface area contributed by atoms with Gasteiger partial charge < -0.3 is 5.73 Å². The van der Waals surface area contributed by atoms with Gasteiger partial charge in [-0.1, -0.05) is 29.2 Å². The van der Waals surface area contributed by atoms with Crippen LogP contribution in [0.2, 0.25) is 0 Å². The van der Waals surface area contributed by atoms with Crippen LogP contribution in [0.15, 0.2) is 6.08 Å². The van der Waals surface area contributed by atoms with Crippen molar-refractivity contribution in [1.82, 2.24) is 4.98 Å². The van der Waals surface area contributed by atoms with Crippen LogP contribution < -0.4 is 5.73 Å². The summed E-state index contributed by atoms with van der Waals surface area (Å²) in [6, 6.07) is 0. The van der Waals surface area contributed by atoms with Gasteiger partial charge in [-0.3, -0.25) is 4.79 Å². The topological polar surface area (TPSA) is 56.0 Å². The first-order valence-corrected chi connectivity index (χ1v) is 5.92. The van der Waals surface area contributed by atoms with Crippen molar-refractivity contribution in [2.45, 2.75) is 13.8 Å². The van der Waals surface area contributed by atoms with E-state index in [9.17, 15) is 4.79 Å². The molecule has 0 aliphatic heterocycles. The second-order valence-corrected chi connectivity index (χ2v) is 4.97. The van der Waals surface area contributed by atoms with E-state index in [1.54, 1.807) is 6.92 Å². The molecule has 0 unspecified atom stereocenters. The number of hydrogen-bond donors (Lipinski definition) is 1. The van der Waals surface area contributed by atoms with Crippen molar-refractivity contribution >= 4 is 39.4 Å². The second kappa shape index (κ2) is 5.17. The van der Waals surface area contributed by atoms with Crippen molar-refractivity contribution in [3.8, 4) is 0 Å². The molecule has 0 bridgehead atoms. The van der Waals surface area contributed by atoms with Crippen LogP contribution in [0.4, 0.5) is 5.13 Å². The van der Waals surface area contributed by atoms with Gasteiger partial charge in [-0.15, -0.1) is 0 Å². The molecule has 1 aromatic heterocycles. The highest BCUT2D eigenvalue weighted by atomic mass is 32.2. The van der Waals surface area contributed by atoms with Crippen LogP contribution in [0, 0.1) is 6.92 Å². The third kappa shape index (κ3) is 3.51. The zero-order chi connectivity index (χ0) is 10.6. The molecule has 0 fully saturated rings. The number of thiazole rings is 1. The average Bonchev–Trinajstić information content (AvgIpc) is 2.39. The van der Waals surface area contributed by atoms with E-state index < -0.39 is 0 Å².